The van der Waals surface area contributed by atoms with Crippen LogP contribution in [0.5, 0.6) is 0 Å². The van der Waals surface area contributed by atoms with Gasteiger partial charge in [0.25, 0.3) is 0 Å². The Hall–Kier alpha value is -0.660. The lowest BCUT2D eigenvalue weighted by Gasteiger charge is -2.33. The summed E-state index contributed by atoms with van der Waals surface area (Å²) < 4.78 is 1.27. The van der Waals surface area contributed by atoms with Crippen molar-refractivity contribution in [3.63, 3.8) is 0 Å². The Morgan fingerprint density at radius 2 is 1.95 bits per heavy atom. The van der Waals surface area contributed by atoms with Gasteiger partial charge in [0.1, 0.15) is 0 Å². The van der Waals surface area contributed by atoms with Crippen LogP contribution in [0.25, 0.3) is 0 Å². The molecule has 5 heteroatoms. The van der Waals surface area contributed by atoms with E-state index in [9.17, 15) is 4.79 Å². The van der Waals surface area contributed by atoms with Crippen molar-refractivity contribution < 1.29 is 4.79 Å². The van der Waals surface area contributed by atoms with E-state index in [1.807, 2.05) is 0 Å². The number of halogens is 1. The highest BCUT2D eigenvalue weighted by molar-refractivity contribution is 14.1. The molecule has 116 valence electrons. The standard InChI is InChI=1S/C16H24IN3O/c1-12(13-3-5-14(17)6-4-13)19-15-7-9-20(10-8-15)11-16(21)18-2/h3-6,12,15,19H,7-11H2,1-2H3,(H,18,21). The predicted molar refractivity (Wildman–Crippen MR) is 94.2 cm³/mol. The van der Waals surface area contributed by atoms with Gasteiger partial charge in [-0.3, -0.25) is 9.69 Å². The number of piperidine rings is 1. The maximum absolute atomic E-state index is 11.4. The molecule has 0 aromatic heterocycles. The fraction of sp³-hybridized carbons (Fsp3) is 0.562. The summed E-state index contributed by atoms with van der Waals surface area (Å²) in [5.41, 5.74) is 1.34. The number of hydrogen-bond acceptors (Lipinski definition) is 3. The van der Waals surface area contributed by atoms with Gasteiger partial charge in [-0.1, -0.05) is 12.1 Å². The van der Waals surface area contributed by atoms with Crippen LogP contribution in [0.3, 0.4) is 0 Å². The SMILES string of the molecule is CNC(=O)CN1CCC(NC(C)c2ccc(I)cc2)CC1. The number of hydrogen-bond donors (Lipinski definition) is 2. The van der Waals surface area contributed by atoms with E-state index in [1.165, 1.54) is 9.13 Å². The summed E-state index contributed by atoms with van der Waals surface area (Å²) in [7, 11) is 1.69. The Kier molecular flexibility index (Phi) is 6.44. The van der Waals surface area contributed by atoms with E-state index in [4.69, 9.17) is 0 Å². The van der Waals surface area contributed by atoms with Gasteiger partial charge in [-0.2, -0.15) is 0 Å². The first-order valence-corrected chi connectivity index (χ1v) is 8.61. The first-order valence-electron chi connectivity index (χ1n) is 7.53. The molecular formula is C16H24IN3O. The highest BCUT2D eigenvalue weighted by Crippen LogP contribution is 2.18. The molecule has 1 unspecified atom stereocenters. The average molecular weight is 401 g/mol. The Bertz CT molecular complexity index is 455. The Balaban J connectivity index is 1.77. The van der Waals surface area contributed by atoms with Crippen molar-refractivity contribution >= 4 is 28.5 Å². The Morgan fingerprint density at radius 1 is 1.33 bits per heavy atom. The zero-order valence-corrected chi connectivity index (χ0v) is 14.9. The van der Waals surface area contributed by atoms with Crippen LogP contribution < -0.4 is 10.6 Å². The van der Waals surface area contributed by atoms with Gasteiger partial charge in [-0.05, 0) is 60.1 Å². The largest absolute Gasteiger partial charge is 0.358 e. The van der Waals surface area contributed by atoms with Crippen LogP contribution in [0.2, 0.25) is 0 Å². The molecule has 1 aliphatic rings. The van der Waals surface area contributed by atoms with Crippen molar-refractivity contribution in [1.29, 1.82) is 0 Å². The van der Waals surface area contributed by atoms with Crippen LogP contribution in [-0.2, 0) is 4.79 Å². The Morgan fingerprint density at radius 3 is 2.52 bits per heavy atom. The smallest absolute Gasteiger partial charge is 0.233 e. The molecule has 2 rings (SSSR count). The van der Waals surface area contributed by atoms with Crippen molar-refractivity contribution in [2.24, 2.45) is 0 Å². The minimum absolute atomic E-state index is 0.105. The van der Waals surface area contributed by atoms with Gasteiger partial charge < -0.3 is 10.6 Å². The molecule has 1 aromatic carbocycles. The van der Waals surface area contributed by atoms with Gasteiger partial charge in [0.05, 0.1) is 6.54 Å². The maximum Gasteiger partial charge on any atom is 0.233 e. The van der Waals surface area contributed by atoms with Crippen LogP contribution >= 0.6 is 22.6 Å². The summed E-state index contributed by atoms with van der Waals surface area (Å²) in [5.74, 6) is 0.105. The third kappa shape index (κ3) is 5.23. The van der Waals surface area contributed by atoms with Gasteiger partial charge >= 0.3 is 0 Å². The molecule has 1 atom stereocenters. The summed E-state index contributed by atoms with van der Waals surface area (Å²) in [6, 6.07) is 9.61. The second-order valence-corrected chi connectivity index (χ2v) is 6.91. The third-order valence-electron chi connectivity index (χ3n) is 4.09. The minimum Gasteiger partial charge on any atom is -0.358 e. The summed E-state index contributed by atoms with van der Waals surface area (Å²) >= 11 is 2.33. The van der Waals surface area contributed by atoms with Crippen LogP contribution in [0, 0.1) is 3.57 Å². The molecule has 2 N–H and O–H groups in total. The Labute approximate surface area is 140 Å². The lowest BCUT2D eigenvalue weighted by molar-refractivity contribution is -0.122. The van der Waals surface area contributed by atoms with Gasteiger partial charge in [0, 0.05) is 35.8 Å². The van der Waals surface area contributed by atoms with Gasteiger partial charge in [0.2, 0.25) is 5.91 Å². The van der Waals surface area contributed by atoms with Crippen molar-refractivity contribution in [1.82, 2.24) is 15.5 Å². The molecule has 1 aliphatic heterocycles. The second-order valence-electron chi connectivity index (χ2n) is 5.66. The normalized spacial score (nSPS) is 18.4. The second kappa shape index (κ2) is 8.10. The van der Waals surface area contributed by atoms with Crippen molar-refractivity contribution in [2.45, 2.75) is 31.8 Å². The molecule has 1 amide bonds. The molecule has 0 bridgehead atoms. The molecule has 0 spiro atoms. The van der Waals surface area contributed by atoms with Gasteiger partial charge in [-0.25, -0.2) is 0 Å². The number of benzene rings is 1. The molecule has 4 nitrogen and oxygen atoms in total. The van der Waals surface area contributed by atoms with E-state index >= 15 is 0 Å². The number of amides is 1. The van der Waals surface area contributed by atoms with Crippen molar-refractivity contribution in [3.05, 3.63) is 33.4 Å². The third-order valence-corrected chi connectivity index (χ3v) is 4.81. The number of rotatable bonds is 5. The first kappa shape index (κ1) is 16.7. The molecule has 0 radical (unpaired) electrons. The minimum atomic E-state index is 0.105. The van der Waals surface area contributed by atoms with E-state index in [-0.39, 0.29) is 5.91 Å². The summed E-state index contributed by atoms with van der Waals surface area (Å²) in [6.45, 7) is 4.73. The molecule has 1 fully saturated rings. The van der Waals surface area contributed by atoms with E-state index in [0.29, 0.717) is 18.6 Å². The lowest BCUT2D eigenvalue weighted by Crippen LogP contribution is -2.46. The zero-order valence-electron chi connectivity index (χ0n) is 12.7. The van der Waals surface area contributed by atoms with E-state index in [1.54, 1.807) is 7.05 Å². The van der Waals surface area contributed by atoms with Gasteiger partial charge in [0.15, 0.2) is 0 Å². The predicted octanol–water partition coefficient (Wildman–Crippen LogP) is 2.15. The number of likely N-dealkylation sites (N-methyl/N-ethyl adjacent to an activating group) is 1. The molecule has 21 heavy (non-hydrogen) atoms. The monoisotopic (exact) mass is 401 g/mol. The van der Waals surface area contributed by atoms with Crippen LogP contribution in [0.4, 0.5) is 0 Å². The first-order chi connectivity index (χ1) is 10.1. The molecule has 0 aliphatic carbocycles. The highest BCUT2D eigenvalue weighted by atomic mass is 127. The number of carbonyl (C=O) groups is 1. The molecular weight excluding hydrogens is 377 g/mol. The van der Waals surface area contributed by atoms with Crippen molar-refractivity contribution in [2.75, 3.05) is 26.7 Å². The topological polar surface area (TPSA) is 44.4 Å². The zero-order chi connectivity index (χ0) is 15.2. The molecule has 0 saturated carbocycles. The molecule has 1 heterocycles. The van der Waals surface area contributed by atoms with Crippen LogP contribution in [0.1, 0.15) is 31.4 Å². The summed E-state index contributed by atoms with van der Waals surface area (Å²) in [5, 5.41) is 6.40. The quantitative estimate of drug-likeness (QED) is 0.744. The number of carbonyl (C=O) groups excluding carboxylic acids is 1. The van der Waals surface area contributed by atoms with Crippen molar-refractivity contribution in [3.8, 4) is 0 Å². The van der Waals surface area contributed by atoms with E-state index in [0.717, 1.165) is 25.9 Å². The maximum atomic E-state index is 11.4. The van der Waals surface area contributed by atoms with Crippen LogP contribution in [-0.4, -0.2) is 43.5 Å². The average Bonchev–Trinajstić information content (AvgIpc) is 2.49. The van der Waals surface area contributed by atoms with Gasteiger partial charge in [-0.15, -0.1) is 0 Å². The fourth-order valence-electron chi connectivity index (χ4n) is 2.74. The fourth-order valence-corrected chi connectivity index (χ4v) is 3.10. The lowest BCUT2D eigenvalue weighted by atomic mass is 10.0. The van der Waals surface area contributed by atoms with E-state index in [2.05, 4.69) is 69.3 Å². The van der Waals surface area contributed by atoms with Crippen LogP contribution in [0.15, 0.2) is 24.3 Å². The molecule has 1 aromatic rings. The summed E-state index contributed by atoms with van der Waals surface area (Å²) in [4.78, 5) is 13.6. The summed E-state index contributed by atoms with van der Waals surface area (Å²) in [6.07, 6.45) is 2.21. The highest BCUT2D eigenvalue weighted by Gasteiger charge is 2.21. The number of likely N-dealkylation sites (tertiary alicyclic amines) is 1. The number of nitrogens with one attached hydrogen (secondary N) is 2. The molecule has 1 saturated heterocycles. The van der Waals surface area contributed by atoms with E-state index < -0.39 is 0 Å². The number of nitrogens with zero attached hydrogens (tertiary/aromatic N) is 1.